The molecular formula is C11H22N2S. The smallest absolute Gasteiger partial charge is 0.0331 e. The van der Waals surface area contributed by atoms with E-state index in [-0.39, 0.29) is 0 Å². The summed E-state index contributed by atoms with van der Waals surface area (Å²) in [7, 11) is 2.30. The van der Waals surface area contributed by atoms with Crippen molar-refractivity contribution in [2.24, 2.45) is 5.73 Å². The Morgan fingerprint density at radius 1 is 1.43 bits per heavy atom. The van der Waals surface area contributed by atoms with Crippen LogP contribution < -0.4 is 5.73 Å². The zero-order valence-corrected chi connectivity index (χ0v) is 9.98. The first-order chi connectivity index (χ1) is 6.78. The quantitative estimate of drug-likeness (QED) is 0.775. The molecule has 2 fully saturated rings. The van der Waals surface area contributed by atoms with Gasteiger partial charge in [0.15, 0.2) is 0 Å². The van der Waals surface area contributed by atoms with E-state index in [9.17, 15) is 0 Å². The van der Waals surface area contributed by atoms with Crippen LogP contribution >= 0.6 is 11.8 Å². The lowest BCUT2D eigenvalue weighted by Crippen LogP contribution is -2.54. The molecule has 1 unspecified atom stereocenters. The minimum atomic E-state index is 0.357. The molecule has 1 saturated heterocycles. The fourth-order valence-electron chi connectivity index (χ4n) is 2.95. The third-order valence-corrected chi connectivity index (χ3v) is 5.26. The largest absolute Gasteiger partial charge is 0.329 e. The number of likely N-dealkylation sites (N-methyl/N-ethyl adjacent to an activating group) is 1. The van der Waals surface area contributed by atoms with Gasteiger partial charge in [-0.15, -0.1) is 0 Å². The van der Waals surface area contributed by atoms with E-state index < -0.39 is 0 Å². The topological polar surface area (TPSA) is 29.3 Å². The van der Waals surface area contributed by atoms with Crippen molar-refractivity contribution < 1.29 is 0 Å². The summed E-state index contributed by atoms with van der Waals surface area (Å²) in [6, 6.07) is 0.793. The summed E-state index contributed by atoms with van der Waals surface area (Å²) < 4.78 is 0. The second-order valence-electron chi connectivity index (χ2n) is 4.76. The van der Waals surface area contributed by atoms with Gasteiger partial charge < -0.3 is 5.73 Å². The first kappa shape index (κ1) is 10.8. The molecule has 1 atom stereocenters. The Kier molecular flexibility index (Phi) is 3.40. The number of thioether (sulfide) groups is 1. The fraction of sp³-hybridized carbons (Fsp3) is 1.00. The van der Waals surface area contributed by atoms with E-state index in [4.69, 9.17) is 5.73 Å². The van der Waals surface area contributed by atoms with Crippen LogP contribution in [0.15, 0.2) is 0 Å². The summed E-state index contributed by atoms with van der Waals surface area (Å²) in [6.07, 6.45) is 6.76. The zero-order valence-electron chi connectivity index (χ0n) is 9.17. The van der Waals surface area contributed by atoms with Gasteiger partial charge in [0.25, 0.3) is 0 Å². The maximum absolute atomic E-state index is 5.99. The van der Waals surface area contributed by atoms with Gasteiger partial charge in [-0.25, -0.2) is 0 Å². The van der Waals surface area contributed by atoms with Crippen LogP contribution in [-0.4, -0.2) is 41.6 Å². The molecule has 1 heterocycles. The predicted octanol–water partition coefficient (Wildman–Crippen LogP) is 1.70. The minimum absolute atomic E-state index is 0.357. The highest BCUT2D eigenvalue weighted by atomic mass is 32.2. The van der Waals surface area contributed by atoms with E-state index in [1.54, 1.807) is 0 Å². The van der Waals surface area contributed by atoms with E-state index in [0.29, 0.717) is 5.54 Å². The van der Waals surface area contributed by atoms with Crippen molar-refractivity contribution in [1.29, 1.82) is 0 Å². The zero-order chi connectivity index (χ0) is 10.0. The van der Waals surface area contributed by atoms with Crippen LogP contribution in [0.1, 0.15) is 32.1 Å². The first-order valence-corrected chi connectivity index (χ1v) is 6.95. The Hall–Kier alpha value is 0.270. The molecule has 82 valence electrons. The van der Waals surface area contributed by atoms with Crippen molar-refractivity contribution in [2.75, 3.05) is 25.1 Å². The molecule has 2 aliphatic rings. The van der Waals surface area contributed by atoms with E-state index in [2.05, 4.69) is 23.7 Å². The van der Waals surface area contributed by atoms with Crippen molar-refractivity contribution in [3.63, 3.8) is 0 Å². The van der Waals surface area contributed by atoms with Crippen LogP contribution in [0.4, 0.5) is 0 Å². The Morgan fingerprint density at radius 2 is 2.14 bits per heavy atom. The second-order valence-corrected chi connectivity index (χ2v) is 5.91. The van der Waals surface area contributed by atoms with Crippen molar-refractivity contribution in [3.05, 3.63) is 0 Å². The molecule has 1 aliphatic heterocycles. The molecule has 0 spiro atoms. The van der Waals surface area contributed by atoms with Gasteiger partial charge in [-0.1, -0.05) is 12.8 Å². The molecule has 3 heteroatoms. The van der Waals surface area contributed by atoms with E-state index >= 15 is 0 Å². The van der Waals surface area contributed by atoms with Gasteiger partial charge >= 0.3 is 0 Å². The highest BCUT2D eigenvalue weighted by Crippen LogP contribution is 2.37. The molecule has 2 N–H and O–H groups in total. The van der Waals surface area contributed by atoms with Crippen LogP contribution in [0, 0.1) is 0 Å². The van der Waals surface area contributed by atoms with E-state index in [0.717, 1.165) is 12.6 Å². The number of hydrogen-bond donors (Lipinski definition) is 1. The predicted molar refractivity (Wildman–Crippen MR) is 63.7 cm³/mol. The van der Waals surface area contributed by atoms with E-state index in [1.165, 1.54) is 43.6 Å². The van der Waals surface area contributed by atoms with Crippen LogP contribution in [0.25, 0.3) is 0 Å². The fourth-order valence-corrected chi connectivity index (χ4v) is 4.22. The average Bonchev–Trinajstić information content (AvgIpc) is 2.89. The summed E-state index contributed by atoms with van der Waals surface area (Å²) in [5, 5.41) is 0. The lowest BCUT2D eigenvalue weighted by molar-refractivity contribution is 0.0929. The van der Waals surface area contributed by atoms with Gasteiger partial charge in [-0.05, 0) is 32.1 Å². The third-order valence-electron chi connectivity index (χ3n) is 4.12. The monoisotopic (exact) mass is 214 g/mol. The van der Waals surface area contributed by atoms with Crippen molar-refractivity contribution >= 4 is 11.8 Å². The van der Waals surface area contributed by atoms with Crippen molar-refractivity contribution in [1.82, 2.24) is 4.90 Å². The second kappa shape index (κ2) is 4.42. The molecule has 0 bridgehead atoms. The van der Waals surface area contributed by atoms with Gasteiger partial charge in [0.05, 0.1) is 0 Å². The highest BCUT2D eigenvalue weighted by Gasteiger charge is 2.40. The molecule has 2 rings (SSSR count). The Morgan fingerprint density at radius 3 is 2.64 bits per heavy atom. The maximum atomic E-state index is 5.99. The molecule has 1 aliphatic carbocycles. The molecule has 0 aromatic rings. The van der Waals surface area contributed by atoms with Gasteiger partial charge in [0.1, 0.15) is 0 Å². The van der Waals surface area contributed by atoms with Crippen molar-refractivity contribution in [2.45, 2.75) is 43.7 Å². The summed E-state index contributed by atoms with van der Waals surface area (Å²) in [6.45, 7) is 0.852. The van der Waals surface area contributed by atoms with Crippen LogP contribution in [0.5, 0.6) is 0 Å². The standard InChI is InChI=1S/C11H22N2S/c1-13(10-4-7-14-8-10)11(9-12)5-2-3-6-11/h10H,2-9,12H2,1H3. The molecule has 0 radical (unpaired) electrons. The lowest BCUT2D eigenvalue weighted by Gasteiger charge is -2.41. The van der Waals surface area contributed by atoms with Crippen LogP contribution in [0.2, 0.25) is 0 Å². The molecular weight excluding hydrogens is 192 g/mol. The van der Waals surface area contributed by atoms with Gasteiger partial charge in [0.2, 0.25) is 0 Å². The Bertz CT molecular complexity index is 184. The van der Waals surface area contributed by atoms with E-state index in [1.807, 2.05) is 0 Å². The lowest BCUT2D eigenvalue weighted by atomic mass is 9.93. The Balaban J connectivity index is 2.02. The SMILES string of the molecule is CN(C1CCSC1)C1(CN)CCCC1. The third kappa shape index (κ3) is 1.82. The molecule has 0 amide bonds. The van der Waals surface area contributed by atoms with Gasteiger partial charge in [-0.3, -0.25) is 4.90 Å². The number of nitrogens with two attached hydrogens (primary N) is 1. The highest BCUT2D eigenvalue weighted by molar-refractivity contribution is 7.99. The summed E-state index contributed by atoms with van der Waals surface area (Å²) in [5.41, 5.74) is 6.35. The van der Waals surface area contributed by atoms with Crippen LogP contribution in [0.3, 0.4) is 0 Å². The van der Waals surface area contributed by atoms with Crippen LogP contribution in [-0.2, 0) is 0 Å². The molecule has 1 saturated carbocycles. The minimum Gasteiger partial charge on any atom is -0.329 e. The molecule has 14 heavy (non-hydrogen) atoms. The Labute approximate surface area is 91.6 Å². The van der Waals surface area contributed by atoms with Crippen molar-refractivity contribution in [3.8, 4) is 0 Å². The number of hydrogen-bond acceptors (Lipinski definition) is 3. The number of rotatable bonds is 3. The summed E-state index contributed by atoms with van der Waals surface area (Å²) in [5.74, 6) is 2.66. The maximum Gasteiger partial charge on any atom is 0.0331 e. The summed E-state index contributed by atoms with van der Waals surface area (Å²) in [4.78, 5) is 2.61. The molecule has 0 aromatic carbocycles. The normalized spacial score (nSPS) is 31.5. The molecule has 0 aromatic heterocycles. The first-order valence-electron chi connectivity index (χ1n) is 5.79. The van der Waals surface area contributed by atoms with Gasteiger partial charge in [0, 0.05) is 23.9 Å². The number of nitrogens with zero attached hydrogens (tertiary/aromatic N) is 1. The summed E-state index contributed by atoms with van der Waals surface area (Å²) >= 11 is 2.10. The van der Waals surface area contributed by atoms with Gasteiger partial charge in [-0.2, -0.15) is 11.8 Å². The average molecular weight is 214 g/mol. The molecule has 2 nitrogen and oxygen atoms in total.